The lowest BCUT2D eigenvalue weighted by Gasteiger charge is -2.09. The Morgan fingerprint density at radius 2 is 1.23 bits per heavy atom. The van der Waals surface area contributed by atoms with Crippen LogP contribution in [0.3, 0.4) is 0 Å². The fraction of sp³-hybridized carbons (Fsp3) is 0.111. The molecule has 0 aliphatic rings. The smallest absolute Gasteiger partial charge is 0.122 e. The molecule has 3 rings (SSSR count). The highest BCUT2D eigenvalue weighted by Crippen LogP contribution is 2.17. The molecular weight excluding hydrogens is 298 g/mol. The van der Waals surface area contributed by atoms with Gasteiger partial charge in [0.2, 0.25) is 0 Å². The Hall–Kier alpha value is -2.39. The molecule has 0 bridgehead atoms. The molecule has 4 heteroatoms. The Morgan fingerprint density at radius 1 is 0.727 bits per heavy atom. The Labute approximate surface area is 134 Å². The van der Waals surface area contributed by atoms with Crippen molar-refractivity contribution in [2.45, 2.75) is 0 Å². The third-order valence-corrected chi connectivity index (χ3v) is 3.43. The second-order valence-electron chi connectivity index (χ2n) is 4.74. The van der Waals surface area contributed by atoms with Gasteiger partial charge in [0.1, 0.15) is 24.7 Å². The van der Waals surface area contributed by atoms with E-state index in [4.69, 9.17) is 21.1 Å². The van der Waals surface area contributed by atoms with E-state index in [1.807, 2.05) is 65.5 Å². The summed E-state index contributed by atoms with van der Waals surface area (Å²) in [6.45, 7) is 0.979. The molecule has 1 aromatic heterocycles. The van der Waals surface area contributed by atoms with E-state index >= 15 is 0 Å². The molecule has 0 amide bonds. The van der Waals surface area contributed by atoms with Gasteiger partial charge in [-0.3, -0.25) is 0 Å². The summed E-state index contributed by atoms with van der Waals surface area (Å²) in [5.41, 5.74) is 1.11. The van der Waals surface area contributed by atoms with Crippen LogP contribution in [0.2, 0.25) is 5.02 Å². The summed E-state index contributed by atoms with van der Waals surface area (Å²) in [5.74, 6) is 1.62. The second kappa shape index (κ2) is 7.05. The van der Waals surface area contributed by atoms with E-state index in [1.54, 1.807) is 12.1 Å². The van der Waals surface area contributed by atoms with Gasteiger partial charge in [0, 0.05) is 23.1 Å². The molecule has 0 N–H and O–H groups in total. The zero-order valence-corrected chi connectivity index (χ0v) is 12.7. The largest absolute Gasteiger partial charge is 0.490 e. The van der Waals surface area contributed by atoms with Gasteiger partial charge in [0.05, 0.1) is 0 Å². The minimum absolute atomic E-state index is 0.487. The Bertz CT molecular complexity index is 691. The zero-order valence-electron chi connectivity index (χ0n) is 12.0. The average Bonchev–Trinajstić information content (AvgIpc) is 3.08. The molecule has 0 atom stereocenters. The summed E-state index contributed by atoms with van der Waals surface area (Å²) in [4.78, 5) is 0. The maximum absolute atomic E-state index is 5.82. The SMILES string of the molecule is Clc1ccc(OCCOc2ccc(-n3cccc3)cc2)cc1. The van der Waals surface area contributed by atoms with Crippen molar-refractivity contribution in [2.24, 2.45) is 0 Å². The summed E-state index contributed by atoms with van der Waals surface area (Å²) in [6.07, 6.45) is 4.02. The summed E-state index contributed by atoms with van der Waals surface area (Å²) in [6, 6.07) is 19.2. The van der Waals surface area contributed by atoms with Crippen molar-refractivity contribution in [3.05, 3.63) is 78.1 Å². The highest BCUT2D eigenvalue weighted by Gasteiger charge is 1.98. The molecule has 3 nitrogen and oxygen atoms in total. The lowest BCUT2D eigenvalue weighted by molar-refractivity contribution is 0.217. The van der Waals surface area contributed by atoms with Crippen molar-refractivity contribution in [1.29, 1.82) is 0 Å². The number of hydrogen-bond acceptors (Lipinski definition) is 2. The number of benzene rings is 2. The molecule has 2 aromatic carbocycles. The standard InChI is InChI=1S/C18H16ClNO2/c19-15-3-7-17(8-4-15)21-13-14-22-18-9-5-16(6-10-18)20-11-1-2-12-20/h1-12H,13-14H2. The van der Waals surface area contributed by atoms with Crippen LogP contribution in [0.15, 0.2) is 73.1 Å². The van der Waals surface area contributed by atoms with Crippen molar-refractivity contribution < 1.29 is 9.47 Å². The van der Waals surface area contributed by atoms with E-state index in [1.165, 1.54) is 0 Å². The van der Waals surface area contributed by atoms with Gasteiger partial charge in [-0.15, -0.1) is 0 Å². The topological polar surface area (TPSA) is 23.4 Å². The van der Waals surface area contributed by atoms with Crippen LogP contribution in [0.1, 0.15) is 0 Å². The van der Waals surface area contributed by atoms with Crippen molar-refractivity contribution in [3.63, 3.8) is 0 Å². The quantitative estimate of drug-likeness (QED) is 0.621. The minimum Gasteiger partial charge on any atom is -0.490 e. The molecule has 1 heterocycles. The molecule has 0 spiro atoms. The maximum Gasteiger partial charge on any atom is 0.122 e. The van der Waals surface area contributed by atoms with E-state index in [2.05, 4.69) is 0 Å². The van der Waals surface area contributed by atoms with E-state index < -0.39 is 0 Å². The van der Waals surface area contributed by atoms with Crippen LogP contribution in [-0.2, 0) is 0 Å². The van der Waals surface area contributed by atoms with Crippen molar-refractivity contribution >= 4 is 11.6 Å². The molecule has 112 valence electrons. The van der Waals surface area contributed by atoms with E-state index in [-0.39, 0.29) is 0 Å². The average molecular weight is 314 g/mol. The number of ether oxygens (including phenoxy) is 2. The Kier molecular flexibility index (Phi) is 4.66. The van der Waals surface area contributed by atoms with Crippen LogP contribution in [0, 0.1) is 0 Å². The van der Waals surface area contributed by atoms with Crippen molar-refractivity contribution in [2.75, 3.05) is 13.2 Å². The van der Waals surface area contributed by atoms with Crippen LogP contribution in [0.25, 0.3) is 5.69 Å². The minimum atomic E-state index is 0.487. The van der Waals surface area contributed by atoms with Gasteiger partial charge >= 0.3 is 0 Å². The first-order valence-corrected chi connectivity index (χ1v) is 7.44. The summed E-state index contributed by atoms with van der Waals surface area (Å²) < 4.78 is 13.3. The molecule has 0 unspecified atom stereocenters. The fourth-order valence-corrected chi connectivity index (χ4v) is 2.20. The summed E-state index contributed by atoms with van der Waals surface area (Å²) >= 11 is 5.82. The molecule has 0 fully saturated rings. The van der Waals surface area contributed by atoms with Gasteiger partial charge in [-0.25, -0.2) is 0 Å². The van der Waals surface area contributed by atoms with Gasteiger partial charge in [0.15, 0.2) is 0 Å². The third kappa shape index (κ3) is 3.83. The van der Waals surface area contributed by atoms with Gasteiger partial charge < -0.3 is 14.0 Å². The lowest BCUT2D eigenvalue weighted by Crippen LogP contribution is -2.08. The number of halogens is 1. The predicted molar refractivity (Wildman–Crippen MR) is 88.2 cm³/mol. The van der Waals surface area contributed by atoms with Gasteiger partial charge in [-0.1, -0.05) is 11.6 Å². The summed E-state index contributed by atoms with van der Waals surface area (Å²) in [7, 11) is 0. The number of nitrogens with zero attached hydrogens (tertiary/aromatic N) is 1. The van der Waals surface area contributed by atoms with Crippen LogP contribution < -0.4 is 9.47 Å². The lowest BCUT2D eigenvalue weighted by atomic mass is 10.3. The molecule has 0 saturated carbocycles. The van der Waals surface area contributed by atoms with Crippen LogP contribution in [0.4, 0.5) is 0 Å². The van der Waals surface area contributed by atoms with Crippen LogP contribution in [0.5, 0.6) is 11.5 Å². The van der Waals surface area contributed by atoms with Crippen LogP contribution in [-0.4, -0.2) is 17.8 Å². The third-order valence-electron chi connectivity index (χ3n) is 3.17. The van der Waals surface area contributed by atoms with Crippen LogP contribution >= 0.6 is 11.6 Å². The zero-order chi connectivity index (χ0) is 15.2. The van der Waals surface area contributed by atoms with Gasteiger partial charge in [0.25, 0.3) is 0 Å². The Morgan fingerprint density at radius 3 is 1.77 bits per heavy atom. The maximum atomic E-state index is 5.82. The molecule has 22 heavy (non-hydrogen) atoms. The monoisotopic (exact) mass is 313 g/mol. The molecule has 3 aromatic rings. The Balaban J connectivity index is 1.46. The fourth-order valence-electron chi connectivity index (χ4n) is 2.07. The van der Waals surface area contributed by atoms with Gasteiger partial charge in [-0.2, -0.15) is 0 Å². The summed E-state index contributed by atoms with van der Waals surface area (Å²) in [5, 5.41) is 0.700. The van der Waals surface area contributed by atoms with Crippen molar-refractivity contribution in [3.8, 4) is 17.2 Å². The van der Waals surface area contributed by atoms with E-state index in [0.29, 0.717) is 18.2 Å². The van der Waals surface area contributed by atoms with E-state index in [0.717, 1.165) is 17.2 Å². The molecule has 0 aliphatic heterocycles. The normalized spacial score (nSPS) is 10.4. The number of hydrogen-bond donors (Lipinski definition) is 0. The first kappa shape index (κ1) is 14.5. The number of rotatable bonds is 6. The van der Waals surface area contributed by atoms with E-state index in [9.17, 15) is 0 Å². The highest BCUT2D eigenvalue weighted by molar-refractivity contribution is 6.30. The van der Waals surface area contributed by atoms with Crippen molar-refractivity contribution in [1.82, 2.24) is 4.57 Å². The second-order valence-corrected chi connectivity index (χ2v) is 5.17. The highest BCUT2D eigenvalue weighted by atomic mass is 35.5. The number of aromatic nitrogens is 1. The first-order valence-electron chi connectivity index (χ1n) is 7.06. The van der Waals surface area contributed by atoms with Gasteiger partial charge in [-0.05, 0) is 60.7 Å². The molecule has 0 saturated heterocycles. The predicted octanol–water partition coefficient (Wildman–Crippen LogP) is 4.59. The molecule has 0 radical (unpaired) electrons. The molecular formula is C18H16ClNO2. The molecule has 0 aliphatic carbocycles. The first-order chi connectivity index (χ1) is 10.8.